The molecule has 0 bridgehead atoms. The predicted molar refractivity (Wildman–Crippen MR) is 121 cm³/mol. The normalized spacial score (nSPS) is 17.4. The molecule has 7 nitrogen and oxygen atoms in total. The van der Waals surface area contributed by atoms with Gasteiger partial charge in [0.15, 0.2) is 0 Å². The fraction of sp³-hybridized carbons (Fsp3) is 0.440. The summed E-state index contributed by atoms with van der Waals surface area (Å²) in [4.78, 5) is 25.7. The van der Waals surface area contributed by atoms with Gasteiger partial charge in [0.1, 0.15) is 0 Å². The highest BCUT2D eigenvalue weighted by molar-refractivity contribution is 5.85. The second-order valence-electron chi connectivity index (χ2n) is 8.43. The summed E-state index contributed by atoms with van der Waals surface area (Å²) in [6.07, 6.45) is 0.512. The summed E-state index contributed by atoms with van der Waals surface area (Å²) in [5.74, 6) is -0.698. The van der Waals surface area contributed by atoms with E-state index in [0.717, 1.165) is 25.9 Å². The van der Waals surface area contributed by atoms with Gasteiger partial charge in [0, 0.05) is 12.5 Å². The number of carbonyl (C=O) groups excluding carboxylic acids is 2. The number of esters is 1. The Morgan fingerprint density at radius 3 is 2.16 bits per heavy atom. The van der Waals surface area contributed by atoms with Crippen molar-refractivity contribution in [2.75, 3.05) is 13.1 Å². The van der Waals surface area contributed by atoms with E-state index in [2.05, 4.69) is 10.6 Å². The number of carbonyl (C=O) groups is 2. The fourth-order valence-corrected chi connectivity index (χ4v) is 3.87. The number of aliphatic hydroxyl groups is 1. The van der Waals surface area contributed by atoms with E-state index in [1.165, 1.54) is 0 Å². The third-order valence-corrected chi connectivity index (χ3v) is 5.49. The van der Waals surface area contributed by atoms with E-state index in [4.69, 9.17) is 9.47 Å². The zero-order chi connectivity index (χ0) is 23.0. The SMILES string of the molecule is CC(C)NC(=O)OC(CC1CCCNC1)OC(=O)C(O)(c1ccccc1)c1ccccc1. The predicted octanol–water partition coefficient (Wildman–Crippen LogP) is 3.32. The molecule has 0 radical (unpaired) electrons. The molecule has 1 heterocycles. The minimum atomic E-state index is -2.04. The maximum absolute atomic E-state index is 13.4. The first-order valence-electron chi connectivity index (χ1n) is 11.1. The molecule has 3 N–H and O–H groups in total. The van der Waals surface area contributed by atoms with Crippen molar-refractivity contribution in [1.29, 1.82) is 0 Å². The highest BCUT2D eigenvalue weighted by atomic mass is 16.7. The molecule has 2 aromatic carbocycles. The van der Waals surface area contributed by atoms with Gasteiger partial charge in [0.25, 0.3) is 0 Å². The lowest BCUT2D eigenvalue weighted by molar-refractivity contribution is -0.188. The molecule has 3 rings (SSSR count). The molecule has 2 aromatic rings. The average Bonchev–Trinajstić information content (AvgIpc) is 2.79. The highest BCUT2D eigenvalue weighted by Gasteiger charge is 2.43. The van der Waals surface area contributed by atoms with E-state index in [1.807, 2.05) is 13.8 Å². The first-order chi connectivity index (χ1) is 15.4. The summed E-state index contributed by atoms with van der Waals surface area (Å²) >= 11 is 0. The van der Waals surface area contributed by atoms with Gasteiger partial charge in [-0.1, -0.05) is 60.7 Å². The number of nitrogens with one attached hydrogen (secondary N) is 2. The largest absolute Gasteiger partial charge is 0.422 e. The maximum atomic E-state index is 13.4. The van der Waals surface area contributed by atoms with Crippen molar-refractivity contribution in [3.05, 3.63) is 71.8 Å². The molecule has 0 aliphatic carbocycles. The summed E-state index contributed by atoms with van der Waals surface area (Å²) in [6.45, 7) is 5.33. The molecule has 0 spiro atoms. The summed E-state index contributed by atoms with van der Waals surface area (Å²) in [6, 6.07) is 17.1. The van der Waals surface area contributed by atoms with Crippen molar-refractivity contribution >= 4 is 12.1 Å². The minimum absolute atomic E-state index is 0.124. The highest BCUT2D eigenvalue weighted by Crippen LogP contribution is 2.32. The molecule has 2 unspecified atom stereocenters. The van der Waals surface area contributed by atoms with Crippen molar-refractivity contribution in [2.45, 2.75) is 51.0 Å². The van der Waals surface area contributed by atoms with Crippen LogP contribution in [0.2, 0.25) is 0 Å². The van der Waals surface area contributed by atoms with Gasteiger partial charge < -0.3 is 25.2 Å². The number of amides is 1. The molecule has 0 saturated carbocycles. The van der Waals surface area contributed by atoms with Crippen LogP contribution in [0.5, 0.6) is 0 Å². The number of piperidine rings is 1. The van der Waals surface area contributed by atoms with Crippen LogP contribution in [0, 0.1) is 5.92 Å². The second-order valence-corrected chi connectivity index (χ2v) is 8.43. The van der Waals surface area contributed by atoms with E-state index >= 15 is 0 Å². The van der Waals surface area contributed by atoms with Crippen molar-refractivity contribution in [1.82, 2.24) is 10.6 Å². The van der Waals surface area contributed by atoms with Crippen LogP contribution in [0.25, 0.3) is 0 Å². The Balaban J connectivity index is 1.85. The zero-order valence-electron chi connectivity index (χ0n) is 18.6. The minimum Gasteiger partial charge on any atom is -0.422 e. The van der Waals surface area contributed by atoms with Crippen LogP contribution in [-0.2, 0) is 19.9 Å². The van der Waals surface area contributed by atoms with Gasteiger partial charge in [0.2, 0.25) is 11.9 Å². The Kier molecular flexibility index (Phi) is 8.25. The fourth-order valence-electron chi connectivity index (χ4n) is 3.87. The van der Waals surface area contributed by atoms with Crippen molar-refractivity contribution in [3.8, 4) is 0 Å². The molecule has 2 atom stereocenters. The molecule has 1 saturated heterocycles. The van der Waals surface area contributed by atoms with Gasteiger partial charge in [-0.25, -0.2) is 9.59 Å². The average molecular weight is 441 g/mol. The first kappa shape index (κ1) is 23.8. The van der Waals surface area contributed by atoms with Crippen LogP contribution in [0.15, 0.2) is 60.7 Å². The van der Waals surface area contributed by atoms with Crippen LogP contribution >= 0.6 is 0 Å². The van der Waals surface area contributed by atoms with Crippen molar-refractivity contribution in [2.24, 2.45) is 5.92 Å². The van der Waals surface area contributed by atoms with Crippen molar-refractivity contribution < 1.29 is 24.2 Å². The number of hydrogen-bond donors (Lipinski definition) is 3. The maximum Gasteiger partial charge on any atom is 0.410 e. The van der Waals surface area contributed by atoms with E-state index < -0.39 is 24.0 Å². The molecule has 1 aliphatic rings. The summed E-state index contributed by atoms with van der Waals surface area (Å²) < 4.78 is 11.1. The molecule has 1 fully saturated rings. The quantitative estimate of drug-likeness (QED) is 0.430. The summed E-state index contributed by atoms with van der Waals surface area (Å²) in [7, 11) is 0. The summed E-state index contributed by atoms with van der Waals surface area (Å²) in [5, 5.41) is 17.6. The van der Waals surface area contributed by atoms with Gasteiger partial charge in [-0.05, 0) is 56.8 Å². The van der Waals surface area contributed by atoms with Crippen LogP contribution in [-0.4, -0.2) is 42.6 Å². The lowest BCUT2D eigenvalue weighted by atomic mass is 9.86. The molecule has 172 valence electrons. The summed E-state index contributed by atoms with van der Waals surface area (Å²) in [5.41, 5.74) is -1.29. The van der Waals surface area contributed by atoms with Gasteiger partial charge >= 0.3 is 12.1 Å². The van der Waals surface area contributed by atoms with Crippen LogP contribution < -0.4 is 10.6 Å². The molecular weight excluding hydrogens is 408 g/mol. The Labute approximate surface area is 189 Å². The number of hydrogen-bond acceptors (Lipinski definition) is 6. The molecule has 7 heteroatoms. The molecular formula is C25H32N2O5. The lowest BCUT2D eigenvalue weighted by Gasteiger charge is -2.31. The second kappa shape index (κ2) is 11.1. The molecule has 1 aliphatic heterocycles. The van der Waals surface area contributed by atoms with E-state index in [0.29, 0.717) is 17.5 Å². The Bertz CT molecular complexity index is 827. The van der Waals surface area contributed by atoms with Gasteiger partial charge in [-0.3, -0.25) is 0 Å². The van der Waals surface area contributed by atoms with Crippen LogP contribution in [0.4, 0.5) is 4.79 Å². The lowest BCUT2D eigenvalue weighted by Crippen LogP contribution is -2.43. The third-order valence-electron chi connectivity index (χ3n) is 5.49. The Morgan fingerprint density at radius 1 is 1.06 bits per heavy atom. The first-order valence-corrected chi connectivity index (χ1v) is 11.1. The number of benzene rings is 2. The third kappa shape index (κ3) is 6.08. The van der Waals surface area contributed by atoms with Gasteiger partial charge in [0.05, 0.1) is 0 Å². The number of ether oxygens (including phenoxy) is 2. The van der Waals surface area contributed by atoms with E-state index in [1.54, 1.807) is 60.7 Å². The zero-order valence-corrected chi connectivity index (χ0v) is 18.6. The monoisotopic (exact) mass is 440 g/mol. The molecule has 32 heavy (non-hydrogen) atoms. The Hall–Kier alpha value is -2.90. The Morgan fingerprint density at radius 2 is 1.66 bits per heavy atom. The molecule has 1 amide bonds. The van der Waals surface area contributed by atoms with Crippen molar-refractivity contribution in [3.63, 3.8) is 0 Å². The van der Waals surface area contributed by atoms with Gasteiger partial charge in [-0.15, -0.1) is 0 Å². The van der Waals surface area contributed by atoms with Crippen LogP contribution in [0.1, 0.15) is 44.2 Å². The standard InChI is InChI=1S/C25H32N2O5/c1-18(2)27-24(29)32-22(16-19-10-9-15-26-17-19)31-23(28)25(30,20-11-5-3-6-12-20)21-13-7-4-8-14-21/h3-8,11-14,18-19,22,26,30H,9-10,15-17H2,1-2H3,(H,27,29). The number of alkyl carbamates (subject to hydrolysis) is 1. The van der Waals surface area contributed by atoms with E-state index in [9.17, 15) is 14.7 Å². The van der Waals surface area contributed by atoms with Gasteiger partial charge in [-0.2, -0.15) is 0 Å². The van der Waals surface area contributed by atoms with Crippen LogP contribution in [0.3, 0.4) is 0 Å². The topological polar surface area (TPSA) is 96.9 Å². The van der Waals surface area contributed by atoms with E-state index in [-0.39, 0.29) is 12.0 Å². The smallest absolute Gasteiger partial charge is 0.410 e. The number of rotatable bonds is 8. The molecule has 0 aromatic heterocycles.